The quantitative estimate of drug-likeness (QED) is 0.490. The highest BCUT2D eigenvalue weighted by molar-refractivity contribution is 9.10. The zero-order valence-corrected chi connectivity index (χ0v) is 17.0. The summed E-state index contributed by atoms with van der Waals surface area (Å²) in [7, 11) is 0. The van der Waals surface area contributed by atoms with Crippen molar-refractivity contribution in [3.8, 4) is 5.75 Å². The lowest BCUT2D eigenvalue weighted by Crippen LogP contribution is -2.28. The lowest BCUT2D eigenvalue weighted by atomic mass is 10.1. The Balaban J connectivity index is 1.53. The fourth-order valence-electron chi connectivity index (χ4n) is 2.58. The van der Waals surface area contributed by atoms with Gasteiger partial charge in [0.15, 0.2) is 5.76 Å². The molecule has 0 saturated heterocycles. The molecule has 0 saturated carbocycles. The molecule has 1 unspecified atom stereocenters. The first-order valence-electron chi connectivity index (χ1n) is 8.83. The Bertz CT molecular complexity index is 1000. The van der Waals surface area contributed by atoms with E-state index >= 15 is 0 Å². The summed E-state index contributed by atoms with van der Waals surface area (Å²) in [6, 6.07) is 14.5. The van der Waals surface area contributed by atoms with Gasteiger partial charge in [-0.1, -0.05) is 28.1 Å². The van der Waals surface area contributed by atoms with Crippen molar-refractivity contribution in [2.75, 3.05) is 6.54 Å². The molecule has 1 atom stereocenters. The minimum atomic E-state index is -4.51. The second kappa shape index (κ2) is 9.36. The molecule has 0 fully saturated rings. The molecule has 0 aliphatic rings. The fourth-order valence-corrected chi connectivity index (χ4v) is 2.84. The van der Waals surface area contributed by atoms with E-state index in [1.54, 1.807) is 18.2 Å². The van der Waals surface area contributed by atoms with Crippen LogP contribution in [0.15, 0.2) is 69.6 Å². The molecule has 0 bridgehead atoms. The van der Waals surface area contributed by atoms with Crippen LogP contribution in [-0.2, 0) is 12.8 Å². The molecular weight excluding hydrogens is 467 g/mol. The van der Waals surface area contributed by atoms with Crippen LogP contribution in [0.2, 0.25) is 0 Å². The van der Waals surface area contributed by atoms with E-state index in [4.69, 9.17) is 9.15 Å². The molecule has 30 heavy (non-hydrogen) atoms. The van der Waals surface area contributed by atoms with E-state index in [0.29, 0.717) is 11.5 Å². The Morgan fingerprint density at radius 1 is 1.13 bits per heavy atom. The summed E-state index contributed by atoms with van der Waals surface area (Å²) in [5.41, 5.74) is -0.819. The maximum atomic E-state index is 12.8. The van der Waals surface area contributed by atoms with Crippen LogP contribution in [0.25, 0.3) is 0 Å². The van der Waals surface area contributed by atoms with Crippen LogP contribution in [0, 0.1) is 0 Å². The fraction of sp³-hybridized carbons (Fsp3) is 0.190. The van der Waals surface area contributed by atoms with Crippen LogP contribution in [0.5, 0.6) is 5.75 Å². The van der Waals surface area contributed by atoms with Crippen LogP contribution >= 0.6 is 15.9 Å². The maximum absolute atomic E-state index is 12.8. The van der Waals surface area contributed by atoms with E-state index < -0.39 is 23.8 Å². The van der Waals surface area contributed by atoms with E-state index in [1.165, 1.54) is 18.2 Å². The normalized spacial score (nSPS) is 12.4. The largest absolute Gasteiger partial charge is 0.486 e. The highest BCUT2D eigenvalue weighted by Crippen LogP contribution is 2.30. The highest BCUT2D eigenvalue weighted by Gasteiger charge is 2.30. The van der Waals surface area contributed by atoms with Crippen LogP contribution in [-0.4, -0.2) is 17.6 Å². The van der Waals surface area contributed by atoms with Crippen molar-refractivity contribution in [2.24, 2.45) is 0 Å². The number of aliphatic hydroxyl groups is 1. The number of hydrogen-bond donors (Lipinski definition) is 2. The standard InChI is InChI=1S/C21H17BrF3NO4/c22-15-4-6-16(7-5-15)29-12-17-8-9-19(30-17)20(28)26-11-18(27)13-2-1-3-14(10-13)21(23,24)25/h1-10,18,27H,11-12H2,(H,26,28). The summed E-state index contributed by atoms with van der Waals surface area (Å²) in [5, 5.41) is 12.5. The van der Waals surface area contributed by atoms with Gasteiger partial charge in [0, 0.05) is 11.0 Å². The summed E-state index contributed by atoms with van der Waals surface area (Å²) in [6.45, 7) is -0.159. The lowest BCUT2D eigenvalue weighted by Gasteiger charge is -2.14. The number of carbonyl (C=O) groups excluding carboxylic acids is 1. The van der Waals surface area contributed by atoms with E-state index in [2.05, 4.69) is 21.2 Å². The third-order valence-corrected chi connectivity index (χ3v) is 4.66. The molecule has 158 valence electrons. The van der Waals surface area contributed by atoms with Crippen LogP contribution in [0.1, 0.15) is 33.5 Å². The van der Waals surface area contributed by atoms with Crippen molar-refractivity contribution in [1.82, 2.24) is 5.32 Å². The van der Waals surface area contributed by atoms with Gasteiger partial charge in [-0.05, 0) is 54.1 Å². The van der Waals surface area contributed by atoms with Gasteiger partial charge in [0.1, 0.15) is 18.1 Å². The first kappa shape index (κ1) is 21.9. The monoisotopic (exact) mass is 483 g/mol. The van der Waals surface area contributed by atoms with E-state index in [0.717, 1.165) is 16.6 Å². The molecule has 0 radical (unpaired) electrons. The number of benzene rings is 2. The van der Waals surface area contributed by atoms with Crippen LogP contribution in [0.4, 0.5) is 13.2 Å². The molecule has 2 N–H and O–H groups in total. The van der Waals surface area contributed by atoms with E-state index in [9.17, 15) is 23.1 Å². The van der Waals surface area contributed by atoms with Gasteiger partial charge in [-0.25, -0.2) is 0 Å². The number of aliphatic hydroxyl groups excluding tert-OH is 1. The molecule has 3 rings (SSSR count). The summed E-state index contributed by atoms with van der Waals surface area (Å²) < 4.78 is 50.2. The van der Waals surface area contributed by atoms with Gasteiger partial charge in [-0.2, -0.15) is 13.2 Å². The number of halogens is 4. The summed E-state index contributed by atoms with van der Waals surface area (Å²) >= 11 is 3.33. The minimum Gasteiger partial charge on any atom is -0.486 e. The second-order valence-corrected chi connectivity index (χ2v) is 7.27. The van der Waals surface area contributed by atoms with Crippen molar-refractivity contribution in [2.45, 2.75) is 18.9 Å². The van der Waals surface area contributed by atoms with E-state index in [1.807, 2.05) is 12.1 Å². The van der Waals surface area contributed by atoms with Crippen LogP contribution < -0.4 is 10.1 Å². The molecule has 1 aromatic heterocycles. The van der Waals surface area contributed by atoms with Gasteiger partial charge in [0.25, 0.3) is 5.91 Å². The maximum Gasteiger partial charge on any atom is 0.416 e. The Morgan fingerprint density at radius 2 is 1.87 bits per heavy atom. The number of alkyl halides is 3. The average molecular weight is 484 g/mol. The number of amides is 1. The second-order valence-electron chi connectivity index (χ2n) is 6.36. The van der Waals surface area contributed by atoms with Crippen molar-refractivity contribution < 1.29 is 32.2 Å². The summed E-state index contributed by atoms with van der Waals surface area (Å²) in [6.07, 6.45) is -5.81. The van der Waals surface area contributed by atoms with Gasteiger partial charge in [-0.3, -0.25) is 4.79 Å². The molecule has 1 amide bonds. The highest BCUT2D eigenvalue weighted by atomic mass is 79.9. The molecule has 0 aliphatic carbocycles. The predicted octanol–water partition coefficient (Wildman–Crippen LogP) is 5.10. The number of carbonyl (C=O) groups is 1. The topological polar surface area (TPSA) is 71.7 Å². The Kier molecular flexibility index (Phi) is 6.84. The third kappa shape index (κ3) is 5.87. The van der Waals surface area contributed by atoms with Crippen molar-refractivity contribution in [3.63, 3.8) is 0 Å². The number of hydrogen-bond acceptors (Lipinski definition) is 4. The SMILES string of the molecule is O=C(NCC(O)c1cccc(C(F)(F)F)c1)c1ccc(COc2ccc(Br)cc2)o1. The lowest BCUT2D eigenvalue weighted by molar-refractivity contribution is -0.137. The smallest absolute Gasteiger partial charge is 0.416 e. The van der Waals surface area contributed by atoms with E-state index in [-0.39, 0.29) is 24.5 Å². The minimum absolute atomic E-state index is 0.000600. The number of rotatable bonds is 7. The summed E-state index contributed by atoms with van der Waals surface area (Å²) in [4.78, 5) is 12.2. The molecule has 5 nitrogen and oxygen atoms in total. The zero-order chi connectivity index (χ0) is 21.7. The van der Waals surface area contributed by atoms with Gasteiger partial charge >= 0.3 is 6.18 Å². The third-order valence-electron chi connectivity index (χ3n) is 4.13. The van der Waals surface area contributed by atoms with Crippen LogP contribution in [0.3, 0.4) is 0 Å². The molecule has 0 spiro atoms. The first-order valence-corrected chi connectivity index (χ1v) is 9.62. The Morgan fingerprint density at radius 3 is 2.57 bits per heavy atom. The van der Waals surface area contributed by atoms with Gasteiger partial charge in [0.2, 0.25) is 0 Å². The molecule has 3 aromatic rings. The number of nitrogens with one attached hydrogen (secondary N) is 1. The Hall–Kier alpha value is -2.78. The van der Waals surface area contributed by atoms with Gasteiger partial charge in [0.05, 0.1) is 11.7 Å². The first-order chi connectivity index (χ1) is 14.2. The molecule has 2 aromatic carbocycles. The average Bonchev–Trinajstić information content (AvgIpc) is 3.20. The molecular formula is C21H17BrF3NO4. The predicted molar refractivity (Wildman–Crippen MR) is 106 cm³/mol. The molecule has 0 aliphatic heterocycles. The Labute approximate surface area is 178 Å². The molecule has 9 heteroatoms. The van der Waals surface area contributed by atoms with Crippen molar-refractivity contribution in [3.05, 3.63) is 87.8 Å². The number of ether oxygens (including phenoxy) is 1. The van der Waals surface area contributed by atoms with Crippen molar-refractivity contribution in [1.29, 1.82) is 0 Å². The van der Waals surface area contributed by atoms with Crippen molar-refractivity contribution >= 4 is 21.8 Å². The molecule has 1 heterocycles. The van der Waals surface area contributed by atoms with Gasteiger partial charge in [-0.15, -0.1) is 0 Å². The van der Waals surface area contributed by atoms with Gasteiger partial charge < -0.3 is 19.6 Å². The zero-order valence-electron chi connectivity index (χ0n) is 15.4. The number of furan rings is 1. The summed E-state index contributed by atoms with van der Waals surface area (Å²) in [5.74, 6) is 0.447.